The molecule has 3 amide bonds. The third-order valence-electron chi connectivity index (χ3n) is 5.25. The lowest BCUT2D eigenvalue weighted by atomic mass is 10.0. The summed E-state index contributed by atoms with van der Waals surface area (Å²) in [6.07, 6.45) is 0. The summed E-state index contributed by atoms with van der Waals surface area (Å²) in [4.78, 5) is 51.4. The van der Waals surface area contributed by atoms with Gasteiger partial charge in [0.05, 0.1) is 5.33 Å². The number of carboxylic acids is 1. The van der Waals surface area contributed by atoms with Crippen molar-refractivity contribution in [2.75, 3.05) is 16.8 Å². The highest BCUT2D eigenvalue weighted by Crippen LogP contribution is 2.42. The maximum absolute atomic E-state index is 13.1. The van der Waals surface area contributed by atoms with E-state index in [9.17, 15) is 24.3 Å². The van der Waals surface area contributed by atoms with Crippen LogP contribution in [0, 0.1) is 6.92 Å². The van der Waals surface area contributed by atoms with Gasteiger partial charge < -0.3 is 15.7 Å². The average Bonchev–Trinajstić information content (AvgIpc) is 3.28. The number of thioether (sulfide) groups is 2. The molecular weight excluding hydrogens is 578 g/mol. The summed E-state index contributed by atoms with van der Waals surface area (Å²) in [7, 11) is 0. The molecule has 1 saturated heterocycles. The van der Waals surface area contributed by atoms with Crippen LogP contribution in [0.4, 0.5) is 0 Å². The number of carboxylic acid groups (broad SMARTS) is 1. The molecule has 0 bridgehead atoms. The van der Waals surface area contributed by atoms with E-state index in [1.54, 1.807) is 30.3 Å². The van der Waals surface area contributed by atoms with Crippen molar-refractivity contribution in [3.05, 3.63) is 52.2 Å². The second-order valence-electron chi connectivity index (χ2n) is 7.57. The molecule has 35 heavy (non-hydrogen) atoms. The zero-order valence-corrected chi connectivity index (χ0v) is 22.3. The van der Waals surface area contributed by atoms with Crippen LogP contribution in [0.3, 0.4) is 0 Å². The molecule has 0 spiro atoms. The summed E-state index contributed by atoms with van der Waals surface area (Å²) in [5, 5.41) is 23.5. The molecule has 10 nitrogen and oxygen atoms in total. The minimum absolute atomic E-state index is 0.0163. The number of rotatable bonds is 9. The number of halogens is 1. The number of carbonyl (C=O) groups excluding carboxylic acids is 3. The van der Waals surface area contributed by atoms with Gasteiger partial charge in [0.25, 0.3) is 5.91 Å². The first-order valence-electron chi connectivity index (χ1n) is 10.3. The lowest BCUT2D eigenvalue weighted by Gasteiger charge is -2.49. The van der Waals surface area contributed by atoms with Crippen molar-refractivity contribution in [3.63, 3.8) is 0 Å². The van der Waals surface area contributed by atoms with Crippen LogP contribution in [0.1, 0.15) is 16.6 Å². The van der Waals surface area contributed by atoms with Gasteiger partial charge in [-0.2, -0.15) is 0 Å². The number of aromatic nitrogens is 2. The van der Waals surface area contributed by atoms with E-state index in [4.69, 9.17) is 0 Å². The summed E-state index contributed by atoms with van der Waals surface area (Å²) >= 11 is 7.26. The van der Waals surface area contributed by atoms with E-state index in [1.165, 1.54) is 39.8 Å². The molecule has 184 valence electrons. The lowest BCUT2D eigenvalue weighted by molar-refractivity contribution is -0.151. The van der Waals surface area contributed by atoms with Crippen LogP contribution in [0.15, 0.2) is 45.9 Å². The summed E-state index contributed by atoms with van der Waals surface area (Å²) in [6, 6.07) is 6.81. The highest BCUT2D eigenvalue weighted by atomic mass is 79.9. The van der Waals surface area contributed by atoms with Crippen molar-refractivity contribution in [3.8, 4) is 0 Å². The quantitative estimate of drug-likeness (QED) is 0.224. The minimum Gasteiger partial charge on any atom is -0.477 e. The van der Waals surface area contributed by atoms with Crippen molar-refractivity contribution in [2.24, 2.45) is 0 Å². The van der Waals surface area contributed by atoms with Gasteiger partial charge in [0, 0.05) is 11.5 Å². The van der Waals surface area contributed by atoms with Crippen molar-refractivity contribution in [2.45, 2.75) is 28.7 Å². The van der Waals surface area contributed by atoms with Gasteiger partial charge in [-0.25, -0.2) is 4.79 Å². The molecule has 3 heterocycles. The summed E-state index contributed by atoms with van der Waals surface area (Å²) in [5.41, 5.74) is 1.13. The Bertz CT molecular complexity index is 1190. The normalized spacial score (nSPS) is 20.1. The van der Waals surface area contributed by atoms with E-state index >= 15 is 0 Å². The van der Waals surface area contributed by atoms with Gasteiger partial charge in [-0.15, -0.1) is 22.0 Å². The summed E-state index contributed by atoms with van der Waals surface area (Å²) in [5.74, 6) is -1.85. The van der Waals surface area contributed by atoms with Gasteiger partial charge in [0.1, 0.15) is 28.2 Å². The third kappa shape index (κ3) is 5.55. The maximum atomic E-state index is 13.1. The third-order valence-corrected chi connectivity index (χ3v) is 9.15. The molecule has 3 N–H and O–H groups in total. The van der Waals surface area contributed by atoms with Crippen LogP contribution in [0.5, 0.6) is 0 Å². The number of aryl methyl sites for hydroxylation is 1. The van der Waals surface area contributed by atoms with E-state index in [2.05, 4.69) is 36.8 Å². The first-order chi connectivity index (χ1) is 16.8. The average molecular weight is 599 g/mol. The number of fused-ring (bicyclic) bond motifs is 1. The summed E-state index contributed by atoms with van der Waals surface area (Å²) in [6.45, 7) is 1.84. The van der Waals surface area contributed by atoms with Crippen LogP contribution in [-0.4, -0.2) is 72.1 Å². The summed E-state index contributed by atoms with van der Waals surface area (Å²) < 4.78 is 0.726. The first kappa shape index (κ1) is 25.7. The molecule has 0 aliphatic carbocycles. The Hall–Kier alpha value is -2.42. The van der Waals surface area contributed by atoms with E-state index in [-0.39, 0.29) is 16.9 Å². The number of β-lactam (4-membered cyclic amide) rings is 1. The van der Waals surface area contributed by atoms with E-state index in [1.807, 2.05) is 6.92 Å². The van der Waals surface area contributed by atoms with Gasteiger partial charge in [0.2, 0.25) is 11.8 Å². The van der Waals surface area contributed by atoms with Gasteiger partial charge in [-0.1, -0.05) is 69.4 Å². The number of benzene rings is 1. The van der Waals surface area contributed by atoms with Gasteiger partial charge in [-0.3, -0.25) is 19.3 Å². The topological polar surface area (TPSA) is 142 Å². The molecule has 14 heteroatoms. The Labute approximate surface area is 221 Å². The number of carbonyl (C=O) groups is 4. The number of aliphatic carboxylic acids is 1. The predicted octanol–water partition coefficient (Wildman–Crippen LogP) is 1.93. The van der Waals surface area contributed by atoms with Crippen LogP contribution in [-0.2, 0) is 19.2 Å². The van der Waals surface area contributed by atoms with E-state index in [0.29, 0.717) is 22.6 Å². The SMILES string of the molecule is Cc1nnc(SCC2=C(C(=O)O)N3C(=O)C(NC(=O)C(NC(=O)CBr)c4ccccc4)[C@H]3SC2)s1. The fraction of sp³-hybridized carbons (Fsp3) is 0.333. The second-order valence-corrected chi connectivity index (χ2v) is 11.6. The van der Waals surface area contributed by atoms with Crippen molar-refractivity contribution < 1.29 is 24.3 Å². The molecule has 1 aromatic carbocycles. The standard InChI is InChI=1S/C21H20BrN5O5S3/c1-10-25-26-21(35-10)34-9-12-8-33-19-15(18(30)27(19)16(12)20(31)32)24-17(29)14(23-13(28)7-22)11-5-3-2-4-6-11/h2-6,14-15,19H,7-9H2,1H3,(H,23,28)(H,24,29)(H,31,32)/t14?,15?,19-/m1/s1. The van der Waals surface area contributed by atoms with Crippen LogP contribution in [0.2, 0.25) is 0 Å². The van der Waals surface area contributed by atoms with Gasteiger partial charge >= 0.3 is 5.97 Å². The number of hydrogen-bond donors (Lipinski definition) is 3. The molecule has 3 atom stereocenters. The Morgan fingerprint density at radius 1 is 1.29 bits per heavy atom. The highest BCUT2D eigenvalue weighted by Gasteiger charge is 2.54. The van der Waals surface area contributed by atoms with Gasteiger partial charge in [-0.05, 0) is 18.1 Å². The molecular formula is C21H20BrN5O5S3. The number of alkyl halides is 1. The van der Waals surface area contributed by atoms with E-state index in [0.717, 1.165) is 9.35 Å². The number of nitrogens with zero attached hydrogens (tertiary/aromatic N) is 3. The highest BCUT2D eigenvalue weighted by molar-refractivity contribution is 9.09. The van der Waals surface area contributed by atoms with Crippen LogP contribution in [0.25, 0.3) is 0 Å². The lowest BCUT2D eigenvalue weighted by Crippen LogP contribution is -2.71. The van der Waals surface area contributed by atoms with Crippen molar-refractivity contribution in [1.29, 1.82) is 0 Å². The molecule has 4 rings (SSSR count). The van der Waals surface area contributed by atoms with Crippen LogP contribution >= 0.6 is 50.8 Å². The zero-order chi connectivity index (χ0) is 25.1. The molecule has 2 aromatic rings. The van der Waals surface area contributed by atoms with Crippen molar-refractivity contribution in [1.82, 2.24) is 25.7 Å². The number of nitrogens with one attached hydrogen (secondary N) is 2. The molecule has 2 aliphatic rings. The Kier molecular flexibility index (Phi) is 8.14. The Balaban J connectivity index is 1.48. The Morgan fingerprint density at radius 2 is 2.03 bits per heavy atom. The fourth-order valence-electron chi connectivity index (χ4n) is 3.66. The number of amides is 3. The monoisotopic (exact) mass is 597 g/mol. The van der Waals surface area contributed by atoms with E-state index < -0.39 is 35.2 Å². The molecule has 2 aliphatic heterocycles. The second kappa shape index (κ2) is 11.1. The number of hydrogen-bond acceptors (Lipinski definition) is 9. The molecule has 1 fully saturated rings. The maximum Gasteiger partial charge on any atom is 0.352 e. The Morgan fingerprint density at radius 3 is 2.66 bits per heavy atom. The van der Waals surface area contributed by atoms with Crippen LogP contribution < -0.4 is 10.6 Å². The van der Waals surface area contributed by atoms with Crippen molar-refractivity contribution >= 4 is 74.5 Å². The molecule has 0 saturated carbocycles. The fourth-order valence-corrected chi connectivity index (χ4v) is 7.12. The smallest absolute Gasteiger partial charge is 0.352 e. The first-order valence-corrected chi connectivity index (χ1v) is 14.3. The molecule has 2 unspecified atom stereocenters. The largest absolute Gasteiger partial charge is 0.477 e. The minimum atomic E-state index is -1.19. The van der Waals surface area contributed by atoms with Gasteiger partial charge in [0.15, 0.2) is 4.34 Å². The molecule has 1 aromatic heterocycles. The predicted molar refractivity (Wildman–Crippen MR) is 136 cm³/mol. The molecule has 0 radical (unpaired) electrons. The zero-order valence-electron chi connectivity index (χ0n) is 18.3.